The lowest BCUT2D eigenvalue weighted by atomic mass is 10.2. The highest BCUT2D eigenvalue weighted by Crippen LogP contribution is 2.12. The second-order valence-electron chi connectivity index (χ2n) is 4.82. The van der Waals surface area contributed by atoms with Gasteiger partial charge >= 0.3 is 0 Å². The molecule has 0 atom stereocenters. The summed E-state index contributed by atoms with van der Waals surface area (Å²) in [6.07, 6.45) is 1.25. The average Bonchev–Trinajstić information content (AvgIpc) is 2.84. The van der Waals surface area contributed by atoms with Gasteiger partial charge in [-0.2, -0.15) is 0 Å². The van der Waals surface area contributed by atoms with Gasteiger partial charge in [0.25, 0.3) is 5.56 Å². The molecule has 3 rings (SSSR count). The van der Waals surface area contributed by atoms with E-state index in [2.05, 4.69) is 19.9 Å². The van der Waals surface area contributed by atoms with Crippen LogP contribution in [0, 0.1) is 6.92 Å². The number of H-pyrrole nitrogens is 2. The fourth-order valence-corrected chi connectivity index (χ4v) is 2.31. The van der Waals surface area contributed by atoms with Crippen molar-refractivity contribution in [3.63, 3.8) is 0 Å². The second kappa shape index (κ2) is 4.92. The van der Waals surface area contributed by atoms with Crippen molar-refractivity contribution >= 4 is 11.0 Å². The van der Waals surface area contributed by atoms with Crippen molar-refractivity contribution in [3.8, 4) is 0 Å². The Morgan fingerprint density at radius 1 is 1.10 bits per heavy atom. The number of aryl methyl sites for hydroxylation is 1. The van der Waals surface area contributed by atoms with Crippen molar-refractivity contribution in [3.05, 3.63) is 57.5 Å². The number of fused-ring (bicyclic) bond motifs is 1. The molecule has 0 fully saturated rings. The highest BCUT2D eigenvalue weighted by atomic mass is 16.1. The zero-order valence-corrected chi connectivity index (χ0v) is 11.5. The first-order chi connectivity index (χ1) is 9.67. The summed E-state index contributed by atoms with van der Waals surface area (Å²) < 4.78 is 0. The first-order valence-electron chi connectivity index (χ1n) is 6.69. The fourth-order valence-electron chi connectivity index (χ4n) is 2.31. The molecule has 0 aliphatic heterocycles. The maximum atomic E-state index is 11.9. The van der Waals surface area contributed by atoms with Gasteiger partial charge in [0.15, 0.2) is 0 Å². The summed E-state index contributed by atoms with van der Waals surface area (Å²) in [5.74, 6) is 1.46. The first-order valence-corrected chi connectivity index (χ1v) is 6.69. The summed E-state index contributed by atoms with van der Waals surface area (Å²) in [5.41, 5.74) is 3.39. The largest absolute Gasteiger partial charge is 0.342 e. The number of rotatable bonds is 3. The molecule has 2 aromatic heterocycles. The SMILES string of the molecule is CCc1nc(Cc2nc3ccccc3[nH]2)[nH]c(=O)c1C. The molecule has 1 aromatic carbocycles. The summed E-state index contributed by atoms with van der Waals surface area (Å²) in [6.45, 7) is 3.80. The lowest BCUT2D eigenvalue weighted by molar-refractivity contribution is 0.847. The van der Waals surface area contributed by atoms with Gasteiger partial charge in [-0.25, -0.2) is 9.97 Å². The Hall–Kier alpha value is -2.43. The molecule has 0 radical (unpaired) electrons. The molecule has 0 saturated heterocycles. The first kappa shape index (κ1) is 12.6. The third-order valence-corrected chi connectivity index (χ3v) is 3.41. The van der Waals surface area contributed by atoms with Crippen molar-refractivity contribution in [2.24, 2.45) is 0 Å². The lowest BCUT2D eigenvalue weighted by Crippen LogP contribution is -2.18. The molecule has 3 aromatic rings. The van der Waals surface area contributed by atoms with Crippen molar-refractivity contribution < 1.29 is 0 Å². The van der Waals surface area contributed by atoms with Gasteiger partial charge in [0.1, 0.15) is 11.6 Å². The zero-order valence-electron chi connectivity index (χ0n) is 11.5. The molecule has 0 amide bonds. The van der Waals surface area contributed by atoms with Crippen LogP contribution < -0.4 is 5.56 Å². The molecule has 102 valence electrons. The number of imidazole rings is 1. The van der Waals surface area contributed by atoms with E-state index >= 15 is 0 Å². The predicted molar refractivity (Wildman–Crippen MR) is 77.9 cm³/mol. The third kappa shape index (κ3) is 2.22. The summed E-state index contributed by atoms with van der Waals surface area (Å²) >= 11 is 0. The number of nitrogens with zero attached hydrogens (tertiary/aromatic N) is 2. The van der Waals surface area contributed by atoms with Crippen LogP contribution in [-0.4, -0.2) is 19.9 Å². The molecule has 0 aliphatic carbocycles. The molecular formula is C15H16N4O. The van der Waals surface area contributed by atoms with Crippen LogP contribution in [0.1, 0.15) is 29.8 Å². The van der Waals surface area contributed by atoms with Gasteiger partial charge in [-0.05, 0) is 25.5 Å². The molecule has 0 spiro atoms. The van der Waals surface area contributed by atoms with Gasteiger partial charge in [0.2, 0.25) is 0 Å². The monoisotopic (exact) mass is 268 g/mol. The van der Waals surface area contributed by atoms with E-state index in [1.165, 1.54) is 0 Å². The van der Waals surface area contributed by atoms with Gasteiger partial charge in [-0.3, -0.25) is 4.79 Å². The van der Waals surface area contributed by atoms with Gasteiger partial charge in [0.05, 0.1) is 23.1 Å². The van der Waals surface area contributed by atoms with Gasteiger partial charge < -0.3 is 9.97 Å². The Labute approximate surface area is 116 Å². The van der Waals surface area contributed by atoms with Crippen molar-refractivity contribution in [1.29, 1.82) is 0 Å². The van der Waals surface area contributed by atoms with E-state index in [1.54, 1.807) is 6.92 Å². The van der Waals surface area contributed by atoms with Crippen LogP contribution in [0.4, 0.5) is 0 Å². The summed E-state index contributed by atoms with van der Waals surface area (Å²) in [4.78, 5) is 26.9. The van der Waals surface area contributed by atoms with Crippen LogP contribution >= 0.6 is 0 Å². The number of hydrogen-bond acceptors (Lipinski definition) is 3. The van der Waals surface area contributed by atoms with E-state index in [1.807, 2.05) is 31.2 Å². The van der Waals surface area contributed by atoms with Crippen molar-refractivity contribution in [2.45, 2.75) is 26.7 Å². The maximum Gasteiger partial charge on any atom is 0.254 e. The van der Waals surface area contributed by atoms with Crippen molar-refractivity contribution in [1.82, 2.24) is 19.9 Å². The van der Waals surface area contributed by atoms with E-state index < -0.39 is 0 Å². The fraction of sp³-hybridized carbons (Fsp3) is 0.267. The minimum absolute atomic E-state index is 0.0667. The number of hydrogen-bond donors (Lipinski definition) is 2. The standard InChI is InChI=1S/C15H16N4O/c1-3-10-9(2)15(20)19-14(16-10)8-13-17-11-6-4-5-7-12(11)18-13/h4-7H,3,8H2,1-2H3,(H,17,18)(H,16,19,20). The van der Waals surface area contributed by atoms with Gasteiger partial charge in [0, 0.05) is 5.56 Å². The quantitative estimate of drug-likeness (QED) is 0.764. The van der Waals surface area contributed by atoms with Gasteiger partial charge in [-0.15, -0.1) is 0 Å². The molecule has 0 aliphatic rings. The van der Waals surface area contributed by atoms with Crippen LogP contribution in [0.2, 0.25) is 0 Å². The molecule has 0 saturated carbocycles. The number of aromatic amines is 2. The highest BCUT2D eigenvalue weighted by Gasteiger charge is 2.09. The normalized spacial score (nSPS) is 11.1. The van der Waals surface area contributed by atoms with Crippen LogP contribution in [0.5, 0.6) is 0 Å². The Balaban J connectivity index is 1.98. The lowest BCUT2D eigenvalue weighted by Gasteiger charge is -2.04. The Morgan fingerprint density at radius 3 is 2.60 bits per heavy atom. The number of benzene rings is 1. The number of nitrogens with one attached hydrogen (secondary N) is 2. The molecule has 0 bridgehead atoms. The van der Waals surface area contributed by atoms with E-state index in [9.17, 15) is 4.79 Å². The smallest absolute Gasteiger partial charge is 0.254 e. The van der Waals surface area contributed by atoms with E-state index in [0.29, 0.717) is 17.8 Å². The summed E-state index contributed by atoms with van der Waals surface area (Å²) in [6, 6.07) is 7.85. The van der Waals surface area contributed by atoms with Crippen LogP contribution in [-0.2, 0) is 12.8 Å². The summed E-state index contributed by atoms with van der Waals surface area (Å²) in [7, 11) is 0. The van der Waals surface area contributed by atoms with Crippen LogP contribution in [0.25, 0.3) is 11.0 Å². The zero-order chi connectivity index (χ0) is 14.1. The maximum absolute atomic E-state index is 11.9. The molecule has 5 heteroatoms. The minimum atomic E-state index is -0.0667. The number of aromatic nitrogens is 4. The predicted octanol–water partition coefficient (Wildman–Crippen LogP) is 2.11. The topological polar surface area (TPSA) is 74.4 Å². The van der Waals surface area contributed by atoms with Crippen LogP contribution in [0.3, 0.4) is 0 Å². The Kier molecular flexibility index (Phi) is 3.10. The molecule has 2 heterocycles. The molecular weight excluding hydrogens is 252 g/mol. The molecule has 20 heavy (non-hydrogen) atoms. The summed E-state index contributed by atoms with van der Waals surface area (Å²) in [5, 5.41) is 0. The highest BCUT2D eigenvalue weighted by molar-refractivity contribution is 5.74. The average molecular weight is 268 g/mol. The van der Waals surface area contributed by atoms with Crippen molar-refractivity contribution in [2.75, 3.05) is 0 Å². The second-order valence-corrected chi connectivity index (χ2v) is 4.82. The van der Waals surface area contributed by atoms with E-state index in [-0.39, 0.29) is 5.56 Å². The van der Waals surface area contributed by atoms with Gasteiger partial charge in [-0.1, -0.05) is 19.1 Å². The Morgan fingerprint density at radius 2 is 1.85 bits per heavy atom. The molecule has 2 N–H and O–H groups in total. The molecule has 5 nitrogen and oxygen atoms in total. The third-order valence-electron chi connectivity index (χ3n) is 3.41. The van der Waals surface area contributed by atoms with Crippen LogP contribution in [0.15, 0.2) is 29.1 Å². The van der Waals surface area contributed by atoms with E-state index in [0.717, 1.165) is 29.0 Å². The molecule has 0 unspecified atom stereocenters. The van der Waals surface area contributed by atoms with E-state index in [4.69, 9.17) is 0 Å². The Bertz CT molecular complexity index is 783. The minimum Gasteiger partial charge on any atom is -0.342 e. The number of para-hydroxylation sites is 2.